The molecule has 0 saturated carbocycles. The van der Waals surface area contributed by atoms with Crippen molar-refractivity contribution in [1.29, 1.82) is 0 Å². The van der Waals surface area contributed by atoms with Crippen LogP contribution in [0.2, 0.25) is 0 Å². The second-order valence-corrected chi connectivity index (χ2v) is 3.99. The second kappa shape index (κ2) is 5.32. The molecular formula is C10H17ClN4O. The van der Waals surface area contributed by atoms with Crippen LogP contribution < -0.4 is 10.6 Å². The van der Waals surface area contributed by atoms with Gasteiger partial charge in [-0.2, -0.15) is 5.10 Å². The van der Waals surface area contributed by atoms with E-state index < -0.39 is 0 Å². The molecule has 0 aromatic carbocycles. The lowest BCUT2D eigenvalue weighted by atomic mass is 10.1. The maximum Gasteiger partial charge on any atom is 0.228 e. The minimum Gasteiger partial charge on any atom is -0.323 e. The van der Waals surface area contributed by atoms with Crippen molar-refractivity contribution >= 4 is 24.0 Å². The summed E-state index contributed by atoms with van der Waals surface area (Å²) in [5, 5.41) is 13.0. The molecule has 1 saturated heterocycles. The van der Waals surface area contributed by atoms with Gasteiger partial charge in [-0.15, -0.1) is 12.4 Å². The zero-order valence-corrected chi connectivity index (χ0v) is 10.3. The van der Waals surface area contributed by atoms with Crippen LogP contribution in [0.15, 0.2) is 0 Å². The van der Waals surface area contributed by atoms with Gasteiger partial charge in [0.2, 0.25) is 5.91 Å². The fraction of sp³-hybridized carbons (Fsp3) is 0.600. The molecule has 0 spiro atoms. The molecule has 2 rings (SSSR count). The van der Waals surface area contributed by atoms with E-state index in [4.69, 9.17) is 0 Å². The molecule has 90 valence electrons. The molecule has 1 aromatic rings. The molecule has 0 unspecified atom stereocenters. The van der Waals surface area contributed by atoms with Crippen LogP contribution in [0.4, 0.5) is 5.69 Å². The number of nitrogens with one attached hydrogen (secondary N) is 3. The average molecular weight is 245 g/mol. The lowest BCUT2D eigenvalue weighted by Crippen LogP contribution is -2.25. The van der Waals surface area contributed by atoms with Gasteiger partial charge < -0.3 is 10.6 Å². The van der Waals surface area contributed by atoms with Gasteiger partial charge in [0.1, 0.15) is 0 Å². The van der Waals surface area contributed by atoms with Crippen LogP contribution in [0.25, 0.3) is 0 Å². The Morgan fingerprint density at radius 2 is 2.25 bits per heavy atom. The van der Waals surface area contributed by atoms with Crippen molar-refractivity contribution in [1.82, 2.24) is 15.5 Å². The number of hydrogen-bond acceptors (Lipinski definition) is 3. The molecule has 1 amide bonds. The predicted molar refractivity (Wildman–Crippen MR) is 64.9 cm³/mol. The summed E-state index contributed by atoms with van der Waals surface area (Å²) in [4.78, 5) is 11.8. The van der Waals surface area contributed by atoms with Crippen LogP contribution in [0.1, 0.15) is 17.8 Å². The third-order valence-corrected chi connectivity index (χ3v) is 2.81. The lowest BCUT2D eigenvalue weighted by molar-refractivity contribution is -0.119. The summed E-state index contributed by atoms with van der Waals surface area (Å²) < 4.78 is 0. The molecule has 1 aromatic heterocycles. The quantitative estimate of drug-likeness (QED) is 0.727. The van der Waals surface area contributed by atoms with E-state index >= 15 is 0 Å². The SMILES string of the molecule is Cc1n[nH]c(C)c1NC(=O)[C@H]1CCNC1.Cl. The second-order valence-electron chi connectivity index (χ2n) is 3.99. The number of hydrogen-bond donors (Lipinski definition) is 3. The monoisotopic (exact) mass is 244 g/mol. The first-order chi connectivity index (χ1) is 7.18. The molecule has 0 radical (unpaired) electrons. The molecule has 1 atom stereocenters. The molecule has 0 bridgehead atoms. The summed E-state index contributed by atoms with van der Waals surface area (Å²) in [5.74, 6) is 0.186. The maximum absolute atomic E-state index is 11.8. The van der Waals surface area contributed by atoms with Crippen LogP contribution in [0.5, 0.6) is 0 Å². The average Bonchev–Trinajstić information content (AvgIpc) is 2.82. The van der Waals surface area contributed by atoms with Crippen LogP contribution in [0, 0.1) is 19.8 Å². The van der Waals surface area contributed by atoms with Crippen molar-refractivity contribution in [3.8, 4) is 0 Å². The van der Waals surface area contributed by atoms with E-state index in [1.807, 2.05) is 13.8 Å². The van der Waals surface area contributed by atoms with Crippen molar-refractivity contribution in [2.75, 3.05) is 18.4 Å². The first kappa shape index (κ1) is 13.0. The molecule has 6 heteroatoms. The number of aromatic nitrogens is 2. The fourth-order valence-electron chi connectivity index (χ4n) is 1.84. The molecule has 0 aliphatic carbocycles. The Bertz CT molecular complexity index is 351. The minimum absolute atomic E-state index is 0. The minimum atomic E-state index is 0. The molecular weight excluding hydrogens is 228 g/mol. The molecule has 16 heavy (non-hydrogen) atoms. The Morgan fingerprint density at radius 1 is 1.50 bits per heavy atom. The first-order valence-corrected chi connectivity index (χ1v) is 5.21. The number of H-pyrrole nitrogens is 1. The number of carbonyl (C=O) groups is 1. The third kappa shape index (κ3) is 2.54. The van der Waals surface area contributed by atoms with Gasteiger partial charge in [0.25, 0.3) is 0 Å². The van der Waals surface area contributed by atoms with E-state index in [1.54, 1.807) is 0 Å². The van der Waals surface area contributed by atoms with Gasteiger partial charge in [-0.1, -0.05) is 0 Å². The maximum atomic E-state index is 11.8. The molecule has 5 nitrogen and oxygen atoms in total. The highest BCUT2D eigenvalue weighted by atomic mass is 35.5. The van der Waals surface area contributed by atoms with Crippen LogP contribution in [0.3, 0.4) is 0 Å². The van der Waals surface area contributed by atoms with E-state index in [2.05, 4.69) is 20.8 Å². The summed E-state index contributed by atoms with van der Waals surface area (Å²) in [5.41, 5.74) is 2.57. The molecule has 1 fully saturated rings. The Hall–Kier alpha value is -1.07. The highest BCUT2D eigenvalue weighted by Gasteiger charge is 2.23. The highest BCUT2D eigenvalue weighted by molar-refractivity contribution is 5.93. The molecule has 1 aliphatic heterocycles. The van der Waals surface area contributed by atoms with Gasteiger partial charge in [-0.3, -0.25) is 9.89 Å². The van der Waals surface area contributed by atoms with Crippen molar-refractivity contribution in [3.63, 3.8) is 0 Å². The van der Waals surface area contributed by atoms with E-state index in [-0.39, 0.29) is 24.2 Å². The standard InChI is InChI=1S/C10H16N4O.ClH/c1-6-9(7(2)14-13-6)12-10(15)8-3-4-11-5-8;/h8,11H,3-5H2,1-2H3,(H,12,15)(H,13,14);1H/t8-;/m0./s1. The smallest absolute Gasteiger partial charge is 0.228 e. The fourth-order valence-corrected chi connectivity index (χ4v) is 1.84. The molecule has 2 heterocycles. The Morgan fingerprint density at radius 3 is 2.75 bits per heavy atom. The summed E-state index contributed by atoms with van der Waals surface area (Å²) in [6.45, 7) is 5.50. The lowest BCUT2D eigenvalue weighted by Gasteiger charge is -2.09. The van der Waals surface area contributed by atoms with Crippen molar-refractivity contribution in [2.24, 2.45) is 5.92 Å². The van der Waals surface area contributed by atoms with Gasteiger partial charge >= 0.3 is 0 Å². The number of nitrogens with zero attached hydrogens (tertiary/aromatic N) is 1. The zero-order valence-electron chi connectivity index (χ0n) is 9.46. The van der Waals surface area contributed by atoms with E-state index in [9.17, 15) is 4.79 Å². The van der Waals surface area contributed by atoms with E-state index in [0.717, 1.165) is 36.6 Å². The van der Waals surface area contributed by atoms with Crippen LogP contribution >= 0.6 is 12.4 Å². The number of aromatic amines is 1. The van der Waals surface area contributed by atoms with Crippen LogP contribution in [-0.2, 0) is 4.79 Å². The third-order valence-electron chi connectivity index (χ3n) is 2.81. The Labute approximate surface area is 101 Å². The van der Waals surface area contributed by atoms with Crippen LogP contribution in [-0.4, -0.2) is 29.2 Å². The normalized spacial score (nSPS) is 19.2. The van der Waals surface area contributed by atoms with Crippen molar-refractivity contribution < 1.29 is 4.79 Å². The molecule has 3 N–H and O–H groups in total. The van der Waals surface area contributed by atoms with Gasteiger partial charge in [0.05, 0.1) is 23.0 Å². The summed E-state index contributed by atoms with van der Waals surface area (Å²) >= 11 is 0. The molecule has 1 aliphatic rings. The summed E-state index contributed by atoms with van der Waals surface area (Å²) in [6, 6.07) is 0. The van der Waals surface area contributed by atoms with Gasteiger partial charge in [-0.05, 0) is 26.8 Å². The Kier molecular flexibility index (Phi) is 4.32. The topological polar surface area (TPSA) is 69.8 Å². The van der Waals surface area contributed by atoms with Gasteiger partial charge in [-0.25, -0.2) is 0 Å². The number of carbonyl (C=O) groups excluding carboxylic acids is 1. The largest absolute Gasteiger partial charge is 0.323 e. The zero-order chi connectivity index (χ0) is 10.8. The number of rotatable bonds is 2. The highest BCUT2D eigenvalue weighted by Crippen LogP contribution is 2.18. The van der Waals surface area contributed by atoms with Gasteiger partial charge in [0.15, 0.2) is 0 Å². The number of amides is 1. The summed E-state index contributed by atoms with van der Waals surface area (Å²) in [7, 11) is 0. The summed E-state index contributed by atoms with van der Waals surface area (Å²) in [6.07, 6.45) is 0.918. The number of halogens is 1. The first-order valence-electron chi connectivity index (χ1n) is 5.21. The number of anilines is 1. The van der Waals surface area contributed by atoms with E-state index in [1.165, 1.54) is 0 Å². The number of aryl methyl sites for hydroxylation is 2. The van der Waals surface area contributed by atoms with Gasteiger partial charge in [0, 0.05) is 6.54 Å². The Balaban J connectivity index is 0.00000128. The van der Waals surface area contributed by atoms with E-state index in [0.29, 0.717) is 0 Å². The predicted octanol–water partition coefficient (Wildman–Crippen LogP) is 0.996. The van der Waals surface area contributed by atoms with Crippen molar-refractivity contribution in [3.05, 3.63) is 11.4 Å². The van der Waals surface area contributed by atoms with Crippen molar-refractivity contribution in [2.45, 2.75) is 20.3 Å².